The van der Waals surface area contributed by atoms with Crippen LogP contribution in [-0.2, 0) is 19.4 Å². The fourth-order valence-electron chi connectivity index (χ4n) is 2.97. The molecule has 1 amide bonds. The summed E-state index contributed by atoms with van der Waals surface area (Å²) in [6.45, 7) is 0.241. The fraction of sp³-hybridized carbons (Fsp3) is 0.130. The Bertz CT molecular complexity index is 1290. The Morgan fingerprint density at radius 3 is 2.36 bits per heavy atom. The summed E-state index contributed by atoms with van der Waals surface area (Å²) in [6, 6.07) is 16.2. The van der Waals surface area contributed by atoms with Gasteiger partial charge in [-0.25, -0.2) is 8.42 Å². The Balaban J connectivity index is 1.77. The highest BCUT2D eigenvalue weighted by Gasteiger charge is 2.31. The zero-order valence-electron chi connectivity index (χ0n) is 17.2. The number of rotatable bonds is 8. The Morgan fingerprint density at radius 1 is 1.12 bits per heavy atom. The molecule has 1 aliphatic heterocycles. The smallest absolute Gasteiger partial charge is 0.303 e. The number of carboxylic acids is 1. The highest BCUT2D eigenvalue weighted by atomic mass is 32.2. The van der Waals surface area contributed by atoms with Gasteiger partial charge in [0.1, 0.15) is 15.3 Å². The maximum absolute atomic E-state index is 12.7. The molecular formula is C23H18N2O5S3. The Hall–Kier alpha value is -3.26. The number of aliphatic carboxylic acids is 1. The third kappa shape index (κ3) is 5.96. The van der Waals surface area contributed by atoms with E-state index in [1.165, 1.54) is 23.1 Å². The van der Waals surface area contributed by atoms with Crippen LogP contribution in [0.25, 0.3) is 12.2 Å². The lowest BCUT2D eigenvalue weighted by molar-refractivity contribution is -0.137. The first-order chi connectivity index (χ1) is 15.7. The van der Waals surface area contributed by atoms with Crippen molar-refractivity contribution in [2.45, 2.75) is 17.7 Å². The van der Waals surface area contributed by atoms with E-state index in [1.807, 2.05) is 0 Å². The van der Waals surface area contributed by atoms with Crippen LogP contribution in [0.3, 0.4) is 0 Å². The maximum Gasteiger partial charge on any atom is 0.303 e. The van der Waals surface area contributed by atoms with Crippen LogP contribution in [0, 0.1) is 11.3 Å². The van der Waals surface area contributed by atoms with Crippen molar-refractivity contribution >= 4 is 62.2 Å². The van der Waals surface area contributed by atoms with E-state index in [-0.39, 0.29) is 28.7 Å². The van der Waals surface area contributed by atoms with Crippen LogP contribution in [-0.4, -0.2) is 41.2 Å². The molecular weight excluding hydrogens is 480 g/mol. The monoisotopic (exact) mass is 498 g/mol. The van der Waals surface area contributed by atoms with Crippen molar-refractivity contribution < 1.29 is 23.1 Å². The molecule has 0 spiro atoms. The molecule has 1 N–H and O–H groups in total. The van der Waals surface area contributed by atoms with Crippen LogP contribution < -0.4 is 0 Å². The first-order valence-corrected chi connectivity index (χ1v) is 12.4. The minimum Gasteiger partial charge on any atom is -0.481 e. The molecule has 2 aromatic carbocycles. The summed E-state index contributed by atoms with van der Waals surface area (Å²) in [7, 11) is -3.93. The number of carboxylic acid groups (broad SMARTS) is 1. The molecule has 1 heterocycles. The third-order valence-corrected chi connectivity index (χ3v) is 7.69. The molecule has 0 bridgehead atoms. The number of nitrogens with zero attached hydrogens (tertiary/aromatic N) is 2. The van der Waals surface area contributed by atoms with Crippen LogP contribution in [0.1, 0.15) is 24.0 Å². The molecule has 168 valence electrons. The van der Waals surface area contributed by atoms with Crippen molar-refractivity contribution in [1.29, 1.82) is 5.26 Å². The van der Waals surface area contributed by atoms with Crippen molar-refractivity contribution in [2.75, 3.05) is 6.54 Å². The van der Waals surface area contributed by atoms with E-state index in [1.54, 1.807) is 54.6 Å². The fourth-order valence-corrected chi connectivity index (χ4v) is 5.46. The van der Waals surface area contributed by atoms with E-state index in [0.717, 1.165) is 11.8 Å². The normalized spacial score (nSPS) is 15.7. The average molecular weight is 499 g/mol. The number of thiocarbonyl (C=S) groups is 1. The quantitative estimate of drug-likeness (QED) is 0.329. The number of allylic oxidation sites excluding steroid dienone is 1. The highest BCUT2D eigenvalue weighted by molar-refractivity contribution is 8.26. The molecule has 0 aromatic heterocycles. The van der Waals surface area contributed by atoms with Gasteiger partial charge in [0.15, 0.2) is 0 Å². The van der Waals surface area contributed by atoms with E-state index < -0.39 is 15.8 Å². The molecule has 0 saturated carbocycles. The lowest BCUT2D eigenvalue weighted by Gasteiger charge is -2.13. The minimum atomic E-state index is -3.93. The zero-order chi connectivity index (χ0) is 24.0. The second-order valence-electron chi connectivity index (χ2n) is 6.93. The van der Waals surface area contributed by atoms with E-state index in [9.17, 15) is 23.3 Å². The molecule has 1 saturated heterocycles. The number of sulfone groups is 1. The van der Waals surface area contributed by atoms with Gasteiger partial charge in [0, 0.05) is 13.0 Å². The zero-order valence-corrected chi connectivity index (χ0v) is 19.6. The molecule has 3 rings (SSSR count). The number of nitriles is 1. The molecule has 0 radical (unpaired) electrons. The Labute approximate surface area is 200 Å². The number of benzene rings is 2. The maximum atomic E-state index is 12.7. The van der Waals surface area contributed by atoms with Crippen LogP contribution in [0.15, 0.2) is 69.3 Å². The molecule has 33 heavy (non-hydrogen) atoms. The van der Waals surface area contributed by atoms with Gasteiger partial charge in [-0.2, -0.15) is 5.26 Å². The van der Waals surface area contributed by atoms with Crippen molar-refractivity contribution in [3.63, 3.8) is 0 Å². The van der Waals surface area contributed by atoms with Crippen LogP contribution in [0.5, 0.6) is 0 Å². The summed E-state index contributed by atoms with van der Waals surface area (Å²) in [5.41, 5.74) is 1.21. The summed E-state index contributed by atoms with van der Waals surface area (Å²) in [6.07, 6.45) is 3.23. The number of hydrogen-bond donors (Lipinski definition) is 1. The van der Waals surface area contributed by atoms with Crippen LogP contribution in [0.4, 0.5) is 0 Å². The summed E-state index contributed by atoms with van der Waals surface area (Å²) in [5, 5.41) is 18.2. The largest absolute Gasteiger partial charge is 0.481 e. The molecule has 0 atom stereocenters. The summed E-state index contributed by atoms with van der Waals surface area (Å²) in [5.74, 6) is -1.21. The highest BCUT2D eigenvalue weighted by Crippen LogP contribution is 2.33. The van der Waals surface area contributed by atoms with Crippen molar-refractivity contribution in [2.24, 2.45) is 0 Å². The van der Waals surface area contributed by atoms with Crippen molar-refractivity contribution in [3.8, 4) is 6.07 Å². The summed E-state index contributed by atoms with van der Waals surface area (Å²) >= 11 is 6.37. The molecule has 7 nitrogen and oxygen atoms in total. The van der Waals surface area contributed by atoms with Gasteiger partial charge in [-0.3, -0.25) is 14.5 Å². The average Bonchev–Trinajstić information content (AvgIpc) is 3.06. The predicted molar refractivity (Wildman–Crippen MR) is 130 cm³/mol. The number of carbonyl (C=O) groups is 2. The lowest BCUT2D eigenvalue weighted by atomic mass is 10.1. The predicted octanol–water partition coefficient (Wildman–Crippen LogP) is 4.09. The van der Waals surface area contributed by atoms with Gasteiger partial charge in [0.05, 0.1) is 9.80 Å². The van der Waals surface area contributed by atoms with E-state index in [2.05, 4.69) is 0 Å². The standard InChI is InChI=1S/C23H18N2O5S3/c24-15-19(33(29,30)18-5-2-1-3-6-18)13-16-8-10-17(11-9-16)14-20-22(28)25(23(31)32-20)12-4-7-21(26)27/h1-3,5-6,8-11,13-14H,4,7,12H2,(H,26,27). The van der Waals surface area contributed by atoms with E-state index in [4.69, 9.17) is 17.3 Å². The van der Waals surface area contributed by atoms with Gasteiger partial charge >= 0.3 is 5.97 Å². The third-order valence-electron chi connectivity index (χ3n) is 4.63. The van der Waals surface area contributed by atoms with Gasteiger partial charge in [-0.05, 0) is 41.8 Å². The lowest BCUT2D eigenvalue weighted by Crippen LogP contribution is -2.29. The topological polar surface area (TPSA) is 116 Å². The summed E-state index contributed by atoms with van der Waals surface area (Å²) < 4.78 is 25.7. The van der Waals surface area contributed by atoms with Gasteiger partial charge in [-0.1, -0.05) is 66.4 Å². The van der Waals surface area contributed by atoms with Crippen molar-refractivity contribution in [1.82, 2.24) is 4.90 Å². The van der Waals surface area contributed by atoms with Crippen molar-refractivity contribution in [3.05, 3.63) is 75.5 Å². The molecule has 1 aliphatic rings. The SMILES string of the molecule is N#CC(=Cc1ccc(C=C2SC(=S)N(CCCC(=O)O)C2=O)cc1)S(=O)(=O)c1ccccc1. The molecule has 0 aliphatic carbocycles. The van der Waals surface area contributed by atoms with Gasteiger partial charge in [0.2, 0.25) is 9.84 Å². The second-order valence-corrected chi connectivity index (χ2v) is 10.5. The Morgan fingerprint density at radius 2 is 1.76 bits per heavy atom. The van der Waals surface area contributed by atoms with Gasteiger partial charge in [-0.15, -0.1) is 0 Å². The molecule has 1 fully saturated rings. The number of carbonyl (C=O) groups excluding carboxylic acids is 1. The molecule has 10 heteroatoms. The van der Waals surface area contributed by atoms with E-state index >= 15 is 0 Å². The first kappa shape index (κ1) is 24.4. The Kier molecular flexibility index (Phi) is 7.81. The molecule has 0 unspecified atom stereocenters. The summed E-state index contributed by atoms with van der Waals surface area (Å²) in [4.78, 5) is 24.7. The van der Waals surface area contributed by atoms with Gasteiger partial charge < -0.3 is 5.11 Å². The van der Waals surface area contributed by atoms with E-state index in [0.29, 0.717) is 26.8 Å². The first-order valence-electron chi connectivity index (χ1n) is 9.71. The second kappa shape index (κ2) is 10.6. The number of thioether (sulfide) groups is 1. The number of hydrogen-bond acceptors (Lipinski definition) is 7. The minimum absolute atomic E-state index is 0.0415. The molecule has 2 aromatic rings. The van der Waals surface area contributed by atoms with Crippen LogP contribution in [0.2, 0.25) is 0 Å². The number of amides is 1. The van der Waals surface area contributed by atoms with Crippen LogP contribution >= 0.6 is 24.0 Å². The van der Waals surface area contributed by atoms with Gasteiger partial charge in [0.25, 0.3) is 5.91 Å².